The molecule has 1 aromatic heterocycles. The van der Waals surface area contributed by atoms with Crippen LogP contribution in [0, 0.1) is 0 Å². The summed E-state index contributed by atoms with van der Waals surface area (Å²) < 4.78 is 10.4. The molecule has 0 amide bonds. The van der Waals surface area contributed by atoms with Gasteiger partial charge in [-0.1, -0.05) is 18.2 Å². The van der Waals surface area contributed by atoms with E-state index in [1.165, 1.54) is 25.5 Å². The molecule has 0 saturated heterocycles. The molecule has 0 atom stereocenters. The van der Waals surface area contributed by atoms with Crippen molar-refractivity contribution in [2.24, 2.45) is 0 Å². The second-order valence-corrected chi connectivity index (χ2v) is 4.94. The van der Waals surface area contributed by atoms with Crippen LogP contribution in [0.2, 0.25) is 0 Å². The minimum Gasteiger partial charge on any atom is -0.508 e. The number of carbonyl (C=O) groups is 1. The van der Waals surface area contributed by atoms with Gasteiger partial charge in [0, 0.05) is 5.39 Å². The lowest BCUT2D eigenvalue weighted by Crippen LogP contribution is -1.97. The normalized spacial score (nSPS) is 11.2. The van der Waals surface area contributed by atoms with Crippen LogP contribution >= 0.6 is 0 Å². The quantitative estimate of drug-likeness (QED) is 0.566. The summed E-state index contributed by atoms with van der Waals surface area (Å²) >= 11 is 0. The standard InChI is InChI=1S/C18H14O5/c1-22-18-16(21)14(10-12-7-8-23-17(12)18)15(20)6-5-11-3-2-4-13(19)9-11/h2-10,19,21H,1H3/b6-5+. The maximum absolute atomic E-state index is 12.4. The monoisotopic (exact) mass is 310 g/mol. The number of hydrogen-bond donors (Lipinski definition) is 2. The molecule has 5 nitrogen and oxygen atoms in total. The van der Waals surface area contributed by atoms with Gasteiger partial charge in [0.05, 0.1) is 18.9 Å². The molecule has 3 rings (SSSR count). The average Bonchev–Trinajstić information content (AvgIpc) is 3.00. The van der Waals surface area contributed by atoms with Gasteiger partial charge in [-0.05, 0) is 35.9 Å². The number of rotatable bonds is 4. The molecule has 0 saturated carbocycles. The van der Waals surface area contributed by atoms with Gasteiger partial charge in [-0.15, -0.1) is 0 Å². The highest BCUT2D eigenvalue weighted by Crippen LogP contribution is 2.38. The Balaban J connectivity index is 1.99. The zero-order valence-corrected chi connectivity index (χ0v) is 12.3. The lowest BCUT2D eigenvalue weighted by Gasteiger charge is -2.07. The van der Waals surface area contributed by atoms with Crippen LogP contribution < -0.4 is 4.74 Å². The van der Waals surface area contributed by atoms with Gasteiger partial charge in [0.2, 0.25) is 5.75 Å². The van der Waals surface area contributed by atoms with Crippen molar-refractivity contribution in [1.29, 1.82) is 0 Å². The number of furan rings is 1. The number of carbonyl (C=O) groups excluding carboxylic acids is 1. The highest BCUT2D eigenvalue weighted by molar-refractivity contribution is 6.11. The molecule has 0 aliphatic heterocycles. The summed E-state index contributed by atoms with van der Waals surface area (Å²) in [6.45, 7) is 0. The Morgan fingerprint density at radius 3 is 2.78 bits per heavy atom. The third-order valence-electron chi connectivity index (χ3n) is 3.44. The van der Waals surface area contributed by atoms with Gasteiger partial charge in [-0.2, -0.15) is 0 Å². The average molecular weight is 310 g/mol. The van der Waals surface area contributed by atoms with Crippen molar-refractivity contribution in [2.75, 3.05) is 7.11 Å². The summed E-state index contributed by atoms with van der Waals surface area (Å²) in [5.41, 5.74) is 1.18. The van der Waals surface area contributed by atoms with Crippen LogP contribution in [0.5, 0.6) is 17.2 Å². The molecule has 0 unspecified atom stereocenters. The van der Waals surface area contributed by atoms with Crippen LogP contribution in [-0.4, -0.2) is 23.1 Å². The van der Waals surface area contributed by atoms with Gasteiger partial charge in [0.15, 0.2) is 17.1 Å². The van der Waals surface area contributed by atoms with E-state index in [1.807, 2.05) is 0 Å². The Kier molecular flexibility index (Phi) is 3.76. The third kappa shape index (κ3) is 2.76. The summed E-state index contributed by atoms with van der Waals surface area (Å²) in [7, 11) is 1.40. The van der Waals surface area contributed by atoms with E-state index >= 15 is 0 Å². The van der Waals surface area contributed by atoms with Crippen molar-refractivity contribution in [3.05, 3.63) is 59.9 Å². The number of fused-ring (bicyclic) bond motifs is 1. The van der Waals surface area contributed by atoms with E-state index < -0.39 is 0 Å². The van der Waals surface area contributed by atoms with E-state index in [2.05, 4.69) is 0 Å². The molecule has 0 aliphatic rings. The van der Waals surface area contributed by atoms with Crippen LogP contribution in [-0.2, 0) is 0 Å². The number of ether oxygens (including phenoxy) is 1. The molecule has 3 aromatic rings. The predicted octanol–water partition coefficient (Wildman–Crippen LogP) is 3.75. The molecular weight excluding hydrogens is 296 g/mol. The second-order valence-electron chi connectivity index (χ2n) is 4.94. The second kappa shape index (κ2) is 5.88. The minimum absolute atomic E-state index is 0.115. The first kappa shape index (κ1) is 14.7. The van der Waals surface area contributed by atoms with E-state index in [4.69, 9.17) is 9.15 Å². The number of phenolic OH excluding ortho intramolecular Hbond substituents is 2. The van der Waals surface area contributed by atoms with Crippen LogP contribution in [0.25, 0.3) is 17.0 Å². The van der Waals surface area contributed by atoms with Crippen molar-refractivity contribution in [3.63, 3.8) is 0 Å². The van der Waals surface area contributed by atoms with E-state index in [1.54, 1.807) is 36.4 Å². The molecule has 116 valence electrons. The first-order valence-electron chi connectivity index (χ1n) is 6.88. The van der Waals surface area contributed by atoms with E-state index in [-0.39, 0.29) is 28.6 Å². The summed E-state index contributed by atoms with van der Waals surface area (Å²) in [5, 5.41) is 20.3. The molecule has 0 fully saturated rings. The highest BCUT2D eigenvalue weighted by Gasteiger charge is 2.19. The van der Waals surface area contributed by atoms with Crippen molar-refractivity contribution in [2.45, 2.75) is 0 Å². The van der Waals surface area contributed by atoms with Crippen LogP contribution in [0.3, 0.4) is 0 Å². The number of allylic oxidation sites excluding steroid dienone is 1. The summed E-state index contributed by atoms with van der Waals surface area (Å²) in [6.07, 6.45) is 4.35. The van der Waals surface area contributed by atoms with Crippen molar-refractivity contribution in [3.8, 4) is 17.2 Å². The zero-order chi connectivity index (χ0) is 16.4. The first-order chi connectivity index (χ1) is 11.1. The molecule has 1 heterocycles. The Labute approximate surface area is 132 Å². The molecule has 0 radical (unpaired) electrons. The number of hydrogen-bond acceptors (Lipinski definition) is 5. The van der Waals surface area contributed by atoms with Crippen molar-refractivity contribution in [1.82, 2.24) is 0 Å². The predicted molar refractivity (Wildman–Crippen MR) is 85.9 cm³/mol. The van der Waals surface area contributed by atoms with Gasteiger partial charge in [0.1, 0.15) is 5.75 Å². The molecule has 2 aromatic carbocycles. The summed E-state index contributed by atoms with van der Waals surface area (Å²) in [6, 6.07) is 9.74. The van der Waals surface area contributed by atoms with Gasteiger partial charge in [-0.3, -0.25) is 4.79 Å². The Bertz CT molecular complexity index is 905. The highest BCUT2D eigenvalue weighted by atomic mass is 16.5. The molecule has 0 aliphatic carbocycles. The van der Waals surface area contributed by atoms with Crippen molar-refractivity contribution >= 4 is 22.8 Å². The molecule has 5 heteroatoms. The van der Waals surface area contributed by atoms with Gasteiger partial charge in [-0.25, -0.2) is 0 Å². The lowest BCUT2D eigenvalue weighted by atomic mass is 10.0. The Morgan fingerprint density at radius 1 is 1.22 bits per heavy atom. The fraction of sp³-hybridized carbons (Fsp3) is 0.0556. The molecular formula is C18H14O5. The molecule has 2 N–H and O–H groups in total. The molecule has 23 heavy (non-hydrogen) atoms. The van der Waals surface area contributed by atoms with Crippen LogP contribution in [0.4, 0.5) is 0 Å². The van der Waals surface area contributed by atoms with Crippen molar-refractivity contribution < 1.29 is 24.2 Å². The number of benzene rings is 2. The summed E-state index contributed by atoms with van der Waals surface area (Å²) in [4.78, 5) is 12.4. The van der Waals surface area contributed by atoms with Crippen LogP contribution in [0.15, 0.2) is 53.2 Å². The topological polar surface area (TPSA) is 79.9 Å². The summed E-state index contributed by atoms with van der Waals surface area (Å²) in [5.74, 6) is -0.404. The van der Waals surface area contributed by atoms with E-state index in [0.717, 1.165) is 0 Å². The smallest absolute Gasteiger partial charge is 0.205 e. The van der Waals surface area contributed by atoms with Crippen LogP contribution in [0.1, 0.15) is 15.9 Å². The van der Waals surface area contributed by atoms with Gasteiger partial charge in [0.25, 0.3) is 0 Å². The SMILES string of the molecule is COc1c(O)c(C(=O)/C=C/c2cccc(O)c2)cc2ccoc12. The number of methoxy groups -OCH3 is 1. The fourth-order valence-corrected chi connectivity index (χ4v) is 2.34. The number of ketones is 1. The lowest BCUT2D eigenvalue weighted by molar-refractivity contribution is 0.104. The minimum atomic E-state index is -0.382. The first-order valence-corrected chi connectivity index (χ1v) is 6.88. The molecule has 0 spiro atoms. The van der Waals surface area contributed by atoms with E-state index in [0.29, 0.717) is 16.5 Å². The fourth-order valence-electron chi connectivity index (χ4n) is 2.34. The maximum atomic E-state index is 12.4. The Hall–Kier alpha value is -3.21. The van der Waals surface area contributed by atoms with Gasteiger partial charge < -0.3 is 19.4 Å². The number of phenols is 2. The zero-order valence-electron chi connectivity index (χ0n) is 12.3. The van der Waals surface area contributed by atoms with Gasteiger partial charge >= 0.3 is 0 Å². The Morgan fingerprint density at radius 2 is 2.04 bits per heavy atom. The largest absolute Gasteiger partial charge is 0.508 e. The van der Waals surface area contributed by atoms with E-state index in [9.17, 15) is 15.0 Å². The molecule has 0 bridgehead atoms. The maximum Gasteiger partial charge on any atom is 0.205 e. The number of aromatic hydroxyl groups is 2. The third-order valence-corrected chi connectivity index (χ3v) is 3.44.